The van der Waals surface area contributed by atoms with Crippen molar-refractivity contribution in [3.8, 4) is 23.0 Å². The Kier molecular flexibility index (Phi) is 4.56. The molecular formula is C26H20O4S2. The fraction of sp³-hybridized carbons (Fsp3) is 0.192. The Hall–Kier alpha value is -2.83. The molecule has 4 aromatic rings. The van der Waals surface area contributed by atoms with Gasteiger partial charge in [-0.3, -0.25) is 4.79 Å². The van der Waals surface area contributed by atoms with E-state index in [0.29, 0.717) is 27.8 Å². The first-order valence-corrected chi connectivity index (χ1v) is 12.5. The lowest BCUT2D eigenvalue weighted by Crippen LogP contribution is -2.28. The van der Waals surface area contributed by atoms with Crippen molar-refractivity contribution >= 4 is 51.0 Å². The van der Waals surface area contributed by atoms with E-state index in [1.165, 1.54) is 6.92 Å². The average molecular weight is 461 g/mol. The molecular weight excluding hydrogens is 440 g/mol. The largest absolute Gasteiger partial charge is 0.507 e. The van der Waals surface area contributed by atoms with Gasteiger partial charge in [0.25, 0.3) is 0 Å². The van der Waals surface area contributed by atoms with Gasteiger partial charge >= 0.3 is 5.97 Å². The summed E-state index contributed by atoms with van der Waals surface area (Å²) >= 11 is 3.62. The number of carbonyl (C=O) groups is 1. The Balaban J connectivity index is 1.80. The molecule has 0 radical (unpaired) electrons. The van der Waals surface area contributed by atoms with Gasteiger partial charge in [-0.15, -0.1) is 23.5 Å². The number of ether oxygens (including phenoxy) is 2. The van der Waals surface area contributed by atoms with Crippen molar-refractivity contribution in [2.24, 2.45) is 0 Å². The summed E-state index contributed by atoms with van der Waals surface area (Å²) in [5, 5.41) is 15.1. The maximum absolute atomic E-state index is 12.2. The molecule has 0 atom stereocenters. The fourth-order valence-electron chi connectivity index (χ4n) is 4.74. The predicted molar refractivity (Wildman–Crippen MR) is 131 cm³/mol. The van der Waals surface area contributed by atoms with Crippen LogP contribution < -0.4 is 9.47 Å². The van der Waals surface area contributed by atoms with Crippen LogP contribution in [0.4, 0.5) is 0 Å². The molecule has 0 aromatic heterocycles. The van der Waals surface area contributed by atoms with Gasteiger partial charge in [0.15, 0.2) is 11.5 Å². The highest BCUT2D eigenvalue weighted by molar-refractivity contribution is 8.18. The first-order chi connectivity index (χ1) is 15.6. The Morgan fingerprint density at radius 3 is 2.56 bits per heavy atom. The van der Waals surface area contributed by atoms with Crippen LogP contribution in [0.25, 0.3) is 21.5 Å². The van der Waals surface area contributed by atoms with Crippen molar-refractivity contribution < 1.29 is 19.4 Å². The van der Waals surface area contributed by atoms with E-state index in [0.717, 1.165) is 40.0 Å². The molecule has 0 saturated carbocycles. The number of para-hydroxylation sites is 1. The molecule has 6 heteroatoms. The maximum Gasteiger partial charge on any atom is 0.308 e. The number of thioether (sulfide) groups is 2. The Bertz CT molecular complexity index is 1410. The number of hydrogen-bond acceptors (Lipinski definition) is 6. The van der Waals surface area contributed by atoms with Crippen LogP contribution in [-0.4, -0.2) is 22.6 Å². The fourth-order valence-corrected chi connectivity index (χ4v) is 8.22. The Morgan fingerprint density at radius 1 is 1.00 bits per heavy atom. The van der Waals surface area contributed by atoms with Gasteiger partial charge in [-0.2, -0.15) is 0 Å². The number of esters is 1. The summed E-state index contributed by atoms with van der Waals surface area (Å²) in [4.78, 5) is 12.2. The van der Waals surface area contributed by atoms with Crippen LogP contribution >= 0.6 is 23.5 Å². The van der Waals surface area contributed by atoms with Crippen LogP contribution in [0.5, 0.6) is 23.0 Å². The Morgan fingerprint density at radius 2 is 1.75 bits per heavy atom. The summed E-state index contributed by atoms with van der Waals surface area (Å²) in [6.07, 6.45) is 1.10. The molecule has 2 aliphatic rings. The van der Waals surface area contributed by atoms with Gasteiger partial charge in [-0.1, -0.05) is 48.5 Å². The van der Waals surface area contributed by atoms with Crippen LogP contribution in [0.3, 0.4) is 0 Å². The average Bonchev–Trinajstić information content (AvgIpc) is 2.81. The molecule has 1 N–H and O–H groups in total. The van der Waals surface area contributed by atoms with Crippen molar-refractivity contribution in [1.29, 1.82) is 0 Å². The van der Waals surface area contributed by atoms with E-state index in [-0.39, 0.29) is 5.75 Å². The van der Waals surface area contributed by atoms with Gasteiger partial charge < -0.3 is 14.6 Å². The summed E-state index contributed by atoms with van der Waals surface area (Å²) in [5.41, 5.74) is 1.72. The van der Waals surface area contributed by atoms with Gasteiger partial charge in [-0.25, -0.2) is 0 Å². The standard InChI is InChI=1S/C26H20O4S2/c1-15(27)29-24-18-12-11-16-7-2-3-8-17(16)21(18)23(28)22-25(24)30-20-10-5-4-9-19(20)26(22)31-13-6-14-32-26/h2-5,7-12,28H,6,13-14H2,1H3. The third kappa shape index (κ3) is 2.76. The summed E-state index contributed by atoms with van der Waals surface area (Å²) in [5.74, 6) is 3.24. The highest BCUT2D eigenvalue weighted by Gasteiger charge is 2.48. The van der Waals surface area contributed by atoms with Gasteiger partial charge in [0, 0.05) is 23.3 Å². The number of carbonyl (C=O) groups excluding carboxylic acids is 1. The zero-order valence-electron chi connectivity index (χ0n) is 17.4. The third-order valence-electron chi connectivity index (χ3n) is 6.01. The van der Waals surface area contributed by atoms with Crippen molar-refractivity contribution in [2.45, 2.75) is 17.4 Å². The molecule has 2 aliphatic heterocycles. The zero-order chi connectivity index (χ0) is 21.9. The lowest BCUT2D eigenvalue weighted by atomic mass is 9.91. The van der Waals surface area contributed by atoms with Crippen LogP contribution in [0.1, 0.15) is 24.5 Å². The lowest BCUT2D eigenvalue weighted by molar-refractivity contribution is -0.131. The summed E-state index contributed by atoms with van der Waals surface area (Å²) in [6, 6.07) is 19.8. The number of hydrogen-bond donors (Lipinski definition) is 1. The molecule has 0 bridgehead atoms. The van der Waals surface area contributed by atoms with Crippen LogP contribution in [0.15, 0.2) is 60.7 Å². The highest BCUT2D eigenvalue weighted by atomic mass is 32.2. The molecule has 160 valence electrons. The SMILES string of the molecule is CC(=O)Oc1c2c(c(O)c3c1ccc1ccccc13)C1(SCCCS1)c1ccccc1O2. The van der Waals surface area contributed by atoms with Crippen molar-refractivity contribution in [1.82, 2.24) is 0 Å². The van der Waals surface area contributed by atoms with Crippen molar-refractivity contribution in [3.05, 3.63) is 71.8 Å². The number of phenols is 1. The minimum atomic E-state index is -0.535. The predicted octanol–water partition coefficient (Wildman–Crippen LogP) is 6.80. The molecule has 32 heavy (non-hydrogen) atoms. The first kappa shape index (κ1) is 19.8. The number of aromatic hydroxyl groups is 1. The Labute approximate surface area is 193 Å². The zero-order valence-corrected chi connectivity index (χ0v) is 19.0. The second-order valence-electron chi connectivity index (χ2n) is 7.95. The summed E-state index contributed by atoms with van der Waals surface area (Å²) in [7, 11) is 0. The summed E-state index contributed by atoms with van der Waals surface area (Å²) < 4.78 is 11.6. The quantitative estimate of drug-likeness (QED) is 0.191. The molecule has 2 heterocycles. The number of fused-ring (bicyclic) bond motifs is 7. The molecule has 6 rings (SSSR count). The van der Waals surface area contributed by atoms with E-state index in [1.54, 1.807) is 0 Å². The monoisotopic (exact) mass is 460 g/mol. The van der Waals surface area contributed by atoms with Gasteiger partial charge in [0.05, 0.1) is 5.56 Å². The third-order valence-corrected chi connectivity index (χ3v) is 9.36. The van der Waals surface area contributed by atoms with E-state index < -0.39 is 10.0 Å². The van der Waals surface area contributed by atoms with E-state index in [9.17, 15) is 9.90 Å². The topological polar surface area (TPSA) is 55.8 Å². The maximum atomic E-state index is 12.2. The molecule has 1 fully saturated rings. The minimum Gasteiger partial charge on any atom is -0.507 e. The normalized spacial score (nSPS) is 16.4. The molecule has 1 spiro atoms. The van der Waals surface area contributed by atoms with E-state index >= 15 is 0 Å². The van der Waals surface area contributed by atoms with Crippen LogP contribution in [0.2, 0.25) is 0 Å². The number of rotatable bonds is 1. The molecule has 0 unspecified atom stereocenters. The van der Waals surface area contributed by atoms with Gasteiger partial charge in [0.2, 0.25) is 0 Å². The summed E-state index contributed by atoms with van der Waals surface area (Å²) in [6.45, 7) is 1.39. The van der Waals surface area contributed by atoms with Gasteiger partial charge in [0.1, 0.15) is 15.6 Å². The molecule has 0 amide bonds. The smallest absolute Gasteiger partial charge is 0.308 e. The van der Waals surface area contributed by atoms with E-state index in [4.69, 9.17) is 9.47 Å². The molecule has 1 saturated heterocycles. The van der Waals surface area contributed by atoms with E-state index in [1.807, 2.05) is 78.1 Å². The molecule has 0 aliphatic carbocycles. The second-order valence-corrected chi connectivity index (χ2v) is 10.8. The number of benzene rings is 4. The second kappa shape index (κ2) is 7.36. The highest BCUT2D eigenvalue weighted by Crippen LogP contribution is 2.67. The number of phenolic OH excluding ortho intramolecular Hbond substituents is 1. The molecule has 4 nitrogen and oxygen atoms in total. The lowest BCUT2D eigenvalue weighted by Gasteiger charge is -2.42. The first-order valence-electron chi connectivity index (χ1n) is 10.5. The van der Waals surface area contributed by atoms with Gasteiger partial charge in [-0.05, 0) is 40.8 Å². The minimum absolute atomic E-state index is 0.194. The van der Waals surface area contributed by atoms with Crippen molar-refractivity contribution in [3.63, 3.8) is 0 Å². The van der Waals surface area contributed by atoms with Crippen LogP contribution in [-0.2, 0) is 8.87 Å². The molecule has 4 aromatic carbocycles. The van der Waals surface area contributed by atoms with Crippen molar-refractivity contribution in [2.75, 3.05) is 11.5 Å². The van der Waals surface area contributed by atoms with Crippen LogP contribution in [0, 0.1) is 0 Å². The van der Waals surface area contributed by atoms with E-state index in [2.05, 4.69) is 6.07 Å².